The van der Waals surface area contributed by atoms with E-state index in [1.165, 1.54) is 40.8 Å². The lowest BCUT2D eigenvalue weighted by Crippen LogP contribution is -2.53. The number of fused-ring (bicyclic) bond motifs is 3. The third-order valence-electron chi connectivity index (χ3n) is 11.8. The number of carboxylic acids is 1. The number of carboxylic acid groups (broad SMARTS) is 1. The molecule has 48 heavy (non-hydrogen) atoms. The van der Waals surface area contributed by atoms with Gasteiger partial charge in [-0.05, 0) is 128 Å². The van der Waals surface area contributed by atoms with Crippen LogP contribution in [0.3, 0.4) is 0 Å². The van der Waals surface area contributed by atoms with Crippen LogP contribution in [-0.4, -0.2) is 53.0 Å². The van der Waals surface area contributed by atoms with E-state index in [1.54, 1.807) is 0 Å². The average Bonchev–Trinajstić information content (AvgIpc) is 3.36. The van der Waals surface area contributed by atoms with E-state index in [4.69, 9.17) is 21.1 Å². The molecular weight excluding hydrogens is 622 g/mol. The number of nitrogens with zero attached hydrogens (tertiary/aromatic N) is 2. The summed E-state index contributed by atoms with van der Waals surface area (Å²) in [6.07, 6.45) is 11.2. The minimum atomic E-state index is -1.03. The molecule has 0 amide bonds. The van der Waals surface area contributed by atoms with Crippen molar-refractivity contribution in [3.05, 3.63) is 87.7 Å². The zero-order chi connectivity index (χ0) is 33.3. The Hall–Kier alpha value is -3.13. The van der Waals surface area contributed by atoms with Gasteiger partial charge in [0.15, 0.2) is 0 Å². The number of hydrogen-bond acceptors (Lipinski definition) is 6. The van der Waals surface area contributed by atoms with Gasteiger partial charge in [-0.25, -0.2) is 4.79 Å². The van der Waals surface area contributed by atoms with E-state index in [9.17, 15) is 9.90 Å². The maximum absolute atomic E-state index is 13.0. The Morgan fingerprint density at radius 3 is 2.79 bits per heavy atom. The summed E-state index contributed by atoms with van der Waals surface area (Å²) in [5.41, 5.74) is 6.34. The lowest BCUT2D eigenvalue weighted by Gasteiger charge is -2.47. The van der Waals surface area contributed by atoms with Crippen molar-refractivity contribution in [2.45, 2.75) is 101 Å². The molecule has 1 saturated carbocycles. The molecule has 7 rings (SSSR count). The molecule has 7 nitrogen and oxygen atoms in total. The SMILES string of the molecule is C[C@@H](COc1ccnc2c1[C@H](C)CCC2)C[C@H]1Cc2ccc(CN3CCCOC3)cc2C12CCC(Nc1cccc(Cl)c1)(C(=O)O)CC2. The van der Waals surface area contributed by atoms with Gasteiger partial charge < -0.3 is 19.9 Å². The first kappa shape index (κ1) is 33.4. The summed E-state index contributed by atoms with van der Waals surface area (Å²) in [5.74, 6) is 1.46. The highest BCUT2D eigenvalue weighted by atomic mass is 35.5. The van der Waals surface area contributed by atoms with Gasteiger partial charge >= 0.3 is 5.97 Å². The highest BCUT2D eigenvalue weighted by molar-refractivity contribution is 6.30. The average molecular weight is 672 g/mol. The summed E-state index contributed by atoms with van der Waals surface area (Å²) < 4.78 is 12.3. The van der Waals surface area contributed by atoms with Crippen molar-refractivity contribution in [1.82, 2.24) is 9.88 Å². The van der Waals surface area contributed by atoms with Gasteiger partial charge in [-0.1, -0.05) is 49.7 Å². The molecule has 3 aliphatic carbocycles. The standard InChI is InChI=1S/C40H50ClN3O4/c1-27(25-48-36-12-17-42-35-9-3-6-28(2)37(35)36)20-31-22-30-11-10-29(24-44-18-5-19-47-26-44)21-34(30)39(31)13-15-40(16-14-39,38(45)46)43-33-8-4-7-32(41)23-33/h4,7-8,10-12,17,21,23,27-28,31,43H,3,5-6,9,13-16,18-20,22,24-26H2,1-2H3,(H,45,46)/t27-,28-,31+,39?,40?/m1/s1. The van der Waals surface area contributed by atoms with Crippen molar-refractivity contribution < 1.29 is 19.4 Å². The maximum Gasteiger partial charge on any atom is 0.329 e. The molecule has 1 aromatic heterocycles. The van der Waals surface area contributed by atoms with Gasteiger partial charge in [-0.15, -0.1) is 0 Å². The van der Waals surface area contributed by atoms with E-state index in [-0.39, 0.29) is 5.41 Å². The number of benzene rings is 2. The molecule has 1 spiro atoms. The second-order valence-electron chi connectivity index (χ2n) is 15.1. The Bertz CT molecular complexity index is 1610. The van der Waals surface area contributed by atoms with E-state index in [0.717, 1.165) is 69.7 Å². The molecule has 1 aliphatic heterocycles. The van der Waals surface area contributed by atoms with Crippen LogP contribution in [0.25, 0.3) is 0 Å². The predicted octanol–water partition coefficient (Wildman–Crippen LogP) is 8.38. The molecule has 3 aromatic rings. The Morgan fingerprint density at radius 2 is 2.02 bits per heavy atom. The molecule has 2 N–H and O–H groups in total. The van der Waals surface area contributed by atoms with E-state index in [0.29, 0.717) is 49.0 Å². The minimum absolute atomic E-state index is 0.0721. The van der Waals surface area contributed by atoms with Gasteiger partial charge in [-0.3, -0.25) is 9.88 Å². The summed E-state index contributed by atoms with van der Waals surface area (Å²) in [5, 5.41) is 14.7. The third kappa shape index (κ3) is 6.71. The Labute approximate surface area is 290 Å². The van der Waals surface area contributed by atoms with Crippen LogP contribution in [0.1, 0.15) is 99.1 Å². The minimum Gasteiger partial charge on any atom is -0.493 e. The normalized spacial score (nSPS) is 27.6. The fourth-order valence-corrected chi connectivity index (χ4v) is 9.46. The maximum atomic E-state index is 13.0. The number of nitrogens with one attached hydrogen (secondary N) is 1. The molecule has 2 heterocycles. The first-order valence-electron chi connectivity index (χ1n) is 18.0. The molecule has 0 bridgehead atoms. The van der Waals surface area contributed by atoms with Crippen molar-refractivity contribution in [3.8, 4) is 5.75 Å². The predicted molar refractivity (Wildman–Crippen MR) is 190 cm³/mol. The number of rotatable bonds is 10. The van der Waals surface area contributed by atoms with Gasteiger partial charge in [0.05, 0.1) is 13.3 Å². The van der Waals surface area contributed by atoms with Gasteiger partial charge in [0, 0.05) is 47.9 Å². The molecule has 1 saturated heterocycles. The quantitative estimate of drug-likeness (QED) is 0.224. The number of ether oxygens (including phenoxy) is 2. The second-order valence-corrected chi connectivity index (χ2v) is 15.6. The highest BCUT2D eigenvalue weighted by Gasteiger charge is 2.54. The largest absolute Gasteiger partial charge is 0.493 e. The zero-order valence-corrected chi connectivity index (χ0v) is 29.2. The summed E-state index contributed by atoms with van der Waals surface area (Å²) in [4.78, 5) is 20.0. The Balaban J connectivity index is 1.13. The van der Waals surface area contributed by atoms with Crippen molar-refractivity contribution in [3.63, 3.8) is 0 Å². The van der Waals surface area contributed by atoms with Gasteiger partial charge in [0.1, 0.15) is 11.3 Å². The van der Waals surface area contributed by atoms with E-state index < -0.39 is 11.5 Å². The van der Waals surface area contributed by atoms with E-state index >= 15 is 0 Å². The van der Waals surface area contributed by atoms with E-state index in [1.807, 2.05) is 30.5 Å². The summed E-state index contributed by atoms with van der Waals surface area (Å²) >= 11 is 6.29. The smallest absolute Gasteiger partial charge is 0.329 e. The van der Waals surface area contributed by atoms with Crippen LogP contribution in [0.2, 0.25) is 5.02 Å². The van der Waals surface area contributed by atoms with Crippen molar-refractivity contribution in [1.29, 1.82) is 0 Å². The first-order valence-corrected chi connectivity index (χ1v) is 18.4. The highest BCUT2D eigenvalue weighted by Crippen LogP contribution is 2.56. The lowest BCUT2D eigenvalue weighted by atomic mass is 9.59. The summed E-state index contributed by atoms with van der Waals surface area (Å²) in [7, 11) is 0. The number of anilines is 1. The van der Waals surface area contributed by atoms with Crippen molar-refractivity contribution in [2.75, 3.05) is 31.8 Å². The van der Waals surface area contributed by atoms with Crippen LogP contribution in [0.4, 0.5) is 5.69 Å². The molecule has 3 atom stereocenters. The van der Waals surface area contributed by atoms with Crippen LogP contribution < -0.4 is 10.1 Å². The van der Waals surface area contributed by atoms with Crippen LogP contribution in [0.5, 0.6) is 5.75 Å². The van der Waals surface area contributed by atoms with Crippen LogP contribution >= 0.6 is 11.6 Å². The number of aryl methyl sites for hydroxylation is 1. The molecule has 4 aliphatic rings. The van der Waals surface area contributed by atoms with Crippen molar-refractivity contribution in [2.24, 2.45) is 11.8 Å². The number of carbonyl (C=O) groups is 1. The van der Waals surface area contributed by atoms with Crippen LogP contribution in [0.15, 0.2) is 54.7 Å². The van der Waals surface area contributed by atoms with Gasteiger partial charge in [-0.2, -0.15) is 0 Å². The number of halogens is 1. The second kappa shape index (κ2) is 14.0. The number of pyridine rings is 1. The van der Waals surface area contributed by atoms with E-state index in [2.05, 4.69) is 53.3 Å². The number of hydrogen-bond donors (Lipinski definition) is 2. The fraction of sp³-hybridized carbons (Fsp3) is 0.550. The lowest BCUT2D eigenvalue weighted by molar-refractivity contribution is -0.144. The van der Waals surface area contributed by atoms with Gasteiger partial charge in [0.25, 0.3) is 0 Å². The Morgan fingerprint density at radius 1 is 1.17 bits per heavy atom. The molecule has 256 valence electrons. The molecule has 0 unspecified atom stereocenters. The third-order valence-corrected chi connectivity index (χ3v) is 12.0. The van der Waals surface area contributed by atoms with Crippen LogP contribution in [-0.2, 0) is 34.3 Å². The van der Waals surface area contributed by atoms with Gasteiger partial charge in [0.2, 0.25) is 0 Å². The first-order chi connectivity index (χ1) is 23.2. The fourth-order valence-electron chi connectivity index (χ4n) is 9.27. The monoisotopic (exact) mass is 671 g/mol. The Kier molecular flexibility index (Phi) is 9.74. The number of aromatic nitrogens is 1. The summed E-state index contributed by atoms with van der Waals surface area (Å²) in [6, 6.07) is 16.6. The molecular formula is C40H50ClN3O4. The van der Waals surface area contributed by atoms with Crippen LogP contribution in [0, 0.1) is 11.8 Å². The topological polar surface area (TPSA) is 83.9 Å². The molecule has 8 heteroatoms. The summed E-state index contributed by atoms with van der Waals surface area (Å²) in [6.45, 7) is 8.73. The molecule has 0 radical (unpaired) electrons. The number of aliphatic carboxylic acids is 1. The zero-order valence-electron chi connectivity index (χ0n) is 28.5. The molecule has 2 aromatic carbocycles. The van der Waals surface area contributed by atoms with Crippen molar-refractivity contribution >= 4 is 23.3 Å². The molecule has 2 fully saturated rings.